The Morgan fingerprint density at radius 1 is 1.64 bits per heavy atom. The lowest BCUT2D eigenvalue weighted by molar-refractivity contribution is 0.0357. The van der Waals surface area contributed by atoms with Crippen molar-refractivity contribution in [3.05, 3.63) is 0 Å². The fourth-order valence-electron chi connectivity index (χ4n) is 1.84. The zero-order valence-corrected chi connectivity index (χ0v) is 9.25. The van der Waals surface area contributed by atoms with E-state index in [1.165, 1.54) is 0 Å². The van der Waals surface area contributed by atoms with E-state index in [0.717, 1.165) is 19.4 Å². The average Bonchev–Trinajstić information content (AvgIpc) is 2.10. The predicted molar refractivity (Wildman–Crippen MR) is 55.0 cm³/mol. The van der Waals surface area contributed by atoms with Gasteiger partial charge in [0, 0.05) is 12.6 Å². The van der Waals surface area contributed by atoms with Crippen LogP contribution in [0.4, 0.5) is 4.79 Å². The number of hydrogen-bond donors (Lipinski definition) is 1. The number of likely N-dealkylation sites (tertiary alicyclic amines) is 1. The minimum absolute atomic E-state index is 0.0423. The monoisotopic (exact) mass is 200 g/mol. The molecule has 0 spiro atoms. The predicted octanol–water partition coefficient (Wildman–Crippen LogP) is 1.34. The Labute approximate surface area is 85.4 Å². The Morgan fingerprint density at radius 2 is 2.29 bits per heavy atom. The van der Waals surface area contributed by atoms with Crippen LogP contribution in [0.1, 0.15) is 33.6 Å². The minimum atomic E-state index is -0.287. The molecule has 0 aromatic heterocycles. The molecule has 82 valence electrons. The third kappa shape index (κ3) is 2.00. The summed E-state index contributed by atoms with van der Waals surface area (Å²) >= 11 is 0. The van der Waals surface area contributed by atoms with Crippen LogP contribution in [0, 0.1) is 0 Å². The molecule has 1 heterocycles. The molecule has 0 aromatic carbocycles. The van der Waals surface area contributed by atoms with Gasteiger partial charge in [0.25, 0.3) is 0 Å². The summed E-state index contributed by atoms with van der Waals surface area (Å²) in [7, 11) is 0. The number of carbonyl (C=O) groups excluding carboxylic acids is 1. The molecule has 1 aliphatic heterocycles. The van der Waals surface area contributed by atoms with E-state index >= 15 is 0 Å². The van der Waals surface area contributed by atoms with E-state index in [1.54, 1.807) is 4.90 Å². The summed E-state index contributed by atoms with van der Waals surface area (Å²) in [6.07, 6.45) is 1.69. The zero-order valence-electron chi connectivity index (χ0n) is 9.25. The number of ether oxygens (including phenoxy) is 1. The molecule has 0 aliphatic carbocycles. The van der Waals surface area contributed by atoms with Crippen LogP contribution in [-0.2, 0) is 4.74 Å². The third-order valence-corrected chi connectivity index (χ3v) is 2.99. The van der Waals surface area contributed by atoms with Crippen LogP contribution < -0.4 is 5.73 Å². The van der Waals surface area contributed by atoms with Crippen molar-refractivity contribution in [1.29, 1.82) is 0 Å². The normalized spacial score (nSPS) is 26.0. The molecule has 1 saturated heterocycles. The van der Waals surface area contributed by atoms with Crippen molar-refractivity contribution in [2.45, 2.75) is 45.2 Å². The second kappa shape index (κ2) is 4.17. The van der Waals surface area contributed by atoms with Crippen LogP contribution in [0.3, 0.4) is 0 Å². The second-order valence-electron chi connectivity index (χ2n) is 4.25. The van der Waals surface area contributed by atoms with Crippen molar-refractivity contribution in [1.82, 2.24) is 4.90 Å². The summed E-state index contributed by atoms with van der Waals surface area (Å²) < 4.78 is 5.00. The summed E-state index contributed by atoms with van der Waals surface area (Å²) in [5.41, 5.74) is 5.70. The summed E-state index contributed by atoms with van der Waals surface area (Å²) in [5.74, 6) is 0. The largest absolute Gasteiger partial charge is 0.450 e. The molecule has 0 saturated carbocycles. The number of piperidine rings is 1. The SMILES string of the molecule is CCOC(=O)N1CCCC(N)C1(C)C. The fourth-order valence-corrected chi connectivity index (χ4v) is 1.84. The van der Waals surface area contributed by atoms with E-state index < -0.39 is 0 Å². The minimum Gasteiger partial charge on any atom is -0.450 e. The number of amides is 1. The van der Waals surface area contributed by atoms with Gasteiger partial charge in [-0.05, 0) is 33.6 Å². The first-order chi connectivity index (χ1) is 6.50. The number of carbonyl (C=O) groups is 1. The van der Waals surface area contributed by atoms with E-state index in [2.05, 4.69) is 0 Å². The maximum absolute atomic E-state index is 11.6. The van der Waals surface area contributed by atoms with Crippen LogP contribution in [0.25, 0.3) is 0 Å². The van der Waals surface area contributed by atoms with Crippen molar-refractivity contribution < 1.29 is 9.53 Å². The number of rotatable bonds is 1. The van der Waals surface area contributed by atoms with Gasteiger partial charge < -0.3 is 15.4 Å². The fraction of sp³-hybridized carbons (Fsp3) is 0.900. The molecule has 1 unspecified atom stereocenters. The topological polar surface area (TPSA) is 55.6 Å². The molecule has 0 aromatic rings. The van der Waals surface area contributed by atoms with Crippen molar-refractivity contribution in [2.24, 2.45) is 5.73 Å². The Bertz CT molecular complexity index is 216. The van der Waals surface area contributed by atoms with Gasteiger partial charge in [-0.15, -0.1) is 0 Å². The van der Waals surface area contributed by atoms with Crippen molar-refractivity contribution in [3.8, 4) is 0 Å². The van der Waals surface area contributed by atoms with Crippen molar-refractivity contribution >= 4 is 6.09 Å². The van der Waals surface area contributed by atoms with Gasteiger partial charge in [0.2, 0.25) is 0 Å². The standard InChI is InChI=1S/C10H20N2O2/c1-4-14-9(13)12-7-5-6-8(11)10(12,2)3/h8H,4-7,11H2,1-3H3. The molecule has 4 nitrogen and oxygen atoms in total. The molecule has 2 N–H and O–H groups in total. The van der Waals surface area contributed by atoms with Crippen molar-refractivity contribution in [2.75, 3.05) is 13.2 Å². The van der Waals surface area contributed by atoms with E-state index in [-0.39, 0.29) is 17.7 Å². The first kappa shape index (κ1) is 11.3. The molecule has 14 heavy (non-hydrogen) atoms. The molecule has 0 bridgehead atoms. The Hall–Kier alpha value is -0.770. The van der Waals surface area contributed by atoms with Gasteiger partial charge in [0.1, 0.15) is 0 Å². The summed E-state index contributed by atoms with van der Waals surface area (Å²) in [6.45, 7) is 6.97. The Kier molecular flexibility index (Phi) is 3.37. The van der Waals surface area contributed by atoms with Crippen LogP contribution in [-0.4, -0.2) is 35.7 Å². The van der Waals surface area contributed by atoms with Crippen LogP contribution in [0.2, 0.25) is 0 Å². The van der Waals surface area contributed by atoms with E-state index in [4.69, 9.17) is 10.5 Å². The lowest BCUT2D eigenvalue weighted by Crippen LogP contribution is -2.61. The van der Waals surface area contributed by atoms with Gasteiger partial charge in [0.05, 0.1) is 12.1 Å². The van der Waals surface area contributed by atoms with Gasteiger partial charge in [-0.25, -0.2) is 4.79 Å². The highest BCUT2D eigenvalue weighted by Gasteiger charge is 2.39. The Morgan fingerprint density at radius 3 is 2.86 bits per heavy atom. The van der Waals surface area contributed by atoms with Gasteiger partial charge in [-0.3, -0.25) is 0 Å². The van der Waals surface area contributed by atoms with Crippen LogP contribution in [0.15, 0.2) is 0 Å². The molecular weight excluding hydrogens is 180 g/mol. The third-order valence-electron chi connectivity index (χ3n) is 2.99. The van der Waals surface area contributed by atoms with Crippen LogP contribution >= 0.6 is 0 Å². The van der Waals surface area contributed by atoms with Gasteiger partial charge in [-0.1, -0.05) is 0 Å². The molecule has 1 rings (SSSR count). The molecule has 4 heteroatoms. The zero-order chi connectivity index (χ0) is 10.8. The van der Waals surface area contributed by atoms with Crippen molar-refractivity contribution in [3.63, 3.8) is 0 Å². The summed E-state index contributed by atoms with van der Waals surface area (Å²) in [6, 6.07) is 0.0423. The van der Waals surface area contributed by atoms with Crippen LogP contribution in [0.5, 0.6) is 0 Å². The maximum Gasteiger partial charge on any atom is 0.410 e. The quantitative estimate of drug-likeness (QED) is 0.695. The molecular formula is C10H20N2O2. The summed E-state index contributed by atoms with van der Waals surface area (Å²) in [5, 5.41) is 0. The highest BCUT2D eigenvalue weighted by atomic mass is 16.6. The number of nitrogens with zero attached hydrogens (tertiary/aromatic N) is 1. The summed E-state index contributed by atoms with van der Waals surface area (Å²) in [4.78, 5) is 13.3. The molecule has 1 aliphatic rings. The molecule has 1 amide bonds. The van der Waals surface area contributed by atoms with Gasteiger partial charge in [-0.2, -0.15) is 0 Å². The van der Waals surface area contributed by atoms with E-state index in [0.29, 0.717) is 6.61 Å². The van der Waals surface area contributed by atoms with E-state index in [1.807, 2.05) is 20.8 Å². The highest BCUT2D eigenvalue weighted by Crippen LogP contribution is 2.26. The molecule has 0 radical (unpaired) electrons. The van der Waals surface area contributed by atoms with E-state index in [9.17, 15) is 4.79 Å². The number of nitrogens with two attached hydrogens (primary N) is 1. The highest BCUT2D eigenvalue weighted by molar-refractivity contribution is 5.69. The van der Waals surface area contributed by atoms with Gasteiger partial charge in [0.15, 0.2) is 0 Å². The smallest absolute Gasteiger partial charge is 0.410 e. The first-order valence-electron chi connectivity index (χ1n) is 5.20. The van der Waals surface area contributed by atoms with Gasteiger partial charge >= 0.3 is 6.09 Å². The Balaban J connectivity index is 2.71. The first-order valence-corrected chi connectivity index (χ1v) is 5.20. The lowest BCUT2D eigenvalue weighted by Gasteiger charge is -2.45. The lowest BCUT2D eigenvalue weighted by atomic mass is 9.86. The maximum atomic E-state index is 11.6. The number of hydrogen-bond acceptors (Lipinski definition) is 3. The molecule has 1 fully saturated rings. The molecule has 1 atom stereocenters. The second-order valence-corrected chi connectivity index (χ2v) is 4.25. The average molecular weight is 200 g/mol.